The van der Waals surface area contributed by atoms with Gasteiger partial charge in [0.05, 0.1) is 19.8 Å². The molecule has 5 heteroatoms. The van der Waals surface area contributed by atoms with Gasteiger partial charge in [-0.25, -0.2) is 0 Å². The second-order valence-corrected chi connectivity index (χ2v) is 5.00. The number of hydrogen-bond donors (Lipinski definition) is 1. The van der Waals surface area contributed by atoms with E-state index in [0.717, 1.165) is 17.8 Å². The summed E-state index contributed by atoms with van der Waals surface area (Å²) in [6.45, 7) is 6.71. The van der Waals surface area contributed by atoms with Gasteiger partial charge >= 0.3 is 0 Å². The van der Waals surface area contributed by atoms with Crippen molar-refractivity contribution in [2.45, 2.75) is 13.5 Å². The smallest absolute Gasteiger partial charge is 0.236 e. The molecule has 110 valence electrons. The Bertz CT molecular complexity index is 444. The minimum Gasteiger partial charge on any atom is -0.398 e. The summed E-state index contributed by atoms with van der Waals surface area (Å²) in [5, 5.41) is 0. The first-order valence-electron chi connectivity index (χ1n) is 7.12. The highest BCUT2D eigenvalue weighted by Crippen LogP contribution is 2.13. The number of carbonyl (C=O) groups excluding carboxylic acids is 1. The number of likely N-dealkylation sites (N-methyl/N-ethyl adjacent to an activating group) is 1. The Morgan fingerprint density at radius 3 is 2.70 bits per heavy atom. The monoisotopic (exact) mass is 277 g/mol. The van der Waals surface area contributed by atoms with Crippen molar-refractivity contribution in [2.24, 2.45) is 0 Å². The molecule has 0 bridgehead atoms. The molecular formula is C15H23N3O2. The van der Waals surface area contributed by atoms with Crippen molar-refractivity contribution in [1.82, 2.24) is 9.80 Å². The zero-order valence-electron chi connectivity index (χ0n) is 12.0. The van der Waals surface area contributed by atoms with Gasteiger partial charge in [-0.05, 0) is 18.2 Å². The number of morpholine rings is 1. The Kier molecular flexibility index (Phi) is 5.38. The molecule has 2 rings (SSSR count). The van der Waals surface area contributed by atoms with E-state index < -0.39 is 0 Å². The van der Waals surface area contributed by atoms with Crippen molar-refractivity contribution in [2.75, 3.05) is 45.1 Å². The van der Waals surface area contributed by atoms with E-state index in [2.05, 4.69) is 11.8 Å². The Morgan fingerprint density at radius 1 is 1.35 bits per heavy atom. The van der Waals surface area contributed by atoms with Crippen LogP contribution in [-0.4, -0.2) is 55.1 Å². The molecule has 20 heavy (non-hydrogen) atoms. The van der Waals surface area contributed by atoms with Gasteiger partial charge in [0.15, 0.2) is 0 Å². The summed E-state index contributed by atoms with van der Waals surface area (Å²) in [4.78, 5) is 16.2. The van der Waals surface area contributed by atoms with Crippen molar-refractivity contribution < 1.29 is 9.53 Å². The van der Waals surface area contributed by atoms with Gasteiger partial charge in [0, 0.05) is 25.3 Å². The first-order chi connectivity index (χ1) is 9.70. The van der Waals surface area contributed by atoms with Gasteiger partial charge in [-0.2, -0.15) is 0 Å². The highest BCUT2D eigenvalue weighted by Gasteiger charge is 2.19. The molecule has 0 atom stereocenters. The summed E-state index contributed by atoms with van der Waals surface area (Å²) < 4.78 is 5.27. The highest BCUT2D eigenvalue weighted by molar-refractivity contribution is 5.78. The van der Waals surface area contributed by atoms with E-state index >= 15 is 0 Å². The maximum absolute atomic E-state index is 12.2. The summed E-state index contributed by atoms with van der Waals surface area (Å²) in [5.41, 5.74) is 7.81. The van der Waals surface area contributed by atoms with E-state index in [-0.39, 0.29) is 5.91 Å². The van der Waals surface area contributed by atoms with Crippen molar-refractivity contribution in [3.05, 3.63) is 29.8 Å². The van der Waals surface area contributed by atoms with Crippen LogP contribution in [0.25, 0.3) is 0 Å². The number of nitrogens with two attached hydrogens (primary N) is 1. The summed E-state index contributed by atoms with van der Waals surface area (Å²) in [6, 6.07) is 7.81. The highest BCUT2D eigenvalue weighted by atomic mass is 16.5. The maximum atomic E-state index is 12.2. The van der Waals surface area contributed by atoms with Gasteiger partial charge in [-0.1, -0.05) is 25.1 Å². The van der Waals surface area contributed by atoms with Crippen LogP contribution in [0.15, 0.2) is 24.3 Å². The van der Waals surface area contributed by atoms with E-state index in [9.17, 15) is 4.79 Å². The van der Waals surface area contributed by atoms with Crippen LogP contribution < -0.4 is 5.73 Å². The topological polar surface area (TPSA) is 58.8 Å². The Morgan fingerprint density at radius 2 is 2.05 bits per heavy atom. The lowest BCUT2D eigenvalue weighted by Gasteiger charge is -2.29. The lowest BCUT2D eigenvalue weighted by atomic mass is 10.1. The third-order valence-electron chi connectivity index (χ3n) is 3.62. The fourth-order valence-corrected chi connectivity index (χ4v) is 2.30. The van der Waals surface area contributed by atoms with Crippen LogP contribution in [0, 0.1) is 0 Å². The number of nitrogens with zero attached hydrogens (tertiary/aromatic N) is 2. The molecule has 0 unspecified atom stereocenters. The normalized spacial score (nSPS) is 15.6. The summed E-state index contributed by atoms with van der Waals surface area (Å²) >= 11 is 0. The summed E-state index contributed by atoms with van der Waals surface area (Å²) in [7, 11) is 0. The van der Waals surface area contributed by atoms with Gasteiger partial charge in [-0.15, -0.1) is 0 Å². The first kappa shape index (κ1) is 14.8. The molecule has 5 nitrogen and oxygen atoms in total. The molecule has 1 fully saturated rings. The van der Waals surface area contributed by atoms with Gasteiger partial charge in [-0.3, -0.25) is 9.69 Å². The number of hydrogen-bond acceptors (Lipinski definition) is 4. The molecule has 1 aromatic carbocycles. The van der Waals surface area contributed by atoms with E-state index in [1.165, 1.54) is 0 Å². The number of ether oxygens (including phenoxy) is 1. The van der Waals surface area contributed by atoms with Crippen molar-refractivity contribution in [3.63, 3.8) is 0 Å². The first-order valence-corrected chi connectivity index (χ1v) is 7.12. The second-order valence-electron chi connectivity index (χ2n) is 5.00. The number of rotatable bonds is 5. The van der Waals surface area contributed by atoms with Crippen LogP contribution in [0.2, 0.25) is 0 Å². The van der Waals surface area contributed by atoms with Crippen molar-refractivity contribution in [3.8, 4) is 0 Å². The zero-order chi connectivity index (χ0) is 14.4. The molecule has 1 aliphatic heterocycles. The second kappa shape index (κ2) is 7.26. The SMILES string of the molecule is CCN(CC(=O)N1CCOCC1)Cc1ccccc1N. The van der Waals surface area contributed by atoms with Crippen LogP contribution in [-0.2, 0) is 16.1 Å². The predicted molar refractivity (Wildman–Crippen MR) is 79.2 cm³/mol. The van der Waals surface area contributed by atoms with Crippen molar-refractivity contribution in [1.29, 1.82) is 0 Å². The third kappa shape index (κ3) is 3.95. The number of nitrogen functional groups attached to an aromatic ring is 1. The molecule has 0 aromatic heterocycles. The molecule has 0 radical (unpaired) electrons. The van der Waals surface area contributed by atoms with E-state index in [0.29, 0.717) is 39.4 Å². The molecule has 0 saturated carbocycles. The summed E-state index contributed by atoms with van der Waals surface area (Å²) in [6.07, 6.45) is 0. The minimum absolute atomic E-state index is 0.171. The van der Waals surface area contributed by atoms with E-state index in [4.69, 9.17) is 10.5 Å². The number of para-hydroxylation sites is 1. The van der Waals surface area contributed by atoms with Crippen LogP contribution in [0.5, 0.6) is 0 Å². The molecule has 2 N–H and O–H groups in total. The van der Waals surface area contributed by atoms with Gasteiger partial charge in [0.1, 0.15) is 0 Å². The molecule has 1 aromatic rings. The van der Waals surface area contributed by atoms with Gasteiger partial charge in [0.2, 0.25) is 5.91 Å². The zero-order valence-corrected chi connectivity index (χ0v) is 12.0. The third-order valence-corrected chi connectivity index (χ3v) is 3.62. The molecular weight excluding hydrogens is 254 g/mol. The number of benzene rings is 1. The van der Waals surface area contributed by atoms with Gasteiger partial charge in [0.25, 0.3) is 0 Å². The predicted octanol–water partition coefficient (Wildman–Crippen LogP) is 0.949. The molecule has 1 saturated heterocycles. The number of amides is 1. The fraction of sp³-hybridized carbons (Fsp3) is 0.533. The molecule has 1 aliphatic rings. The average Bonchev–Trinajstić information content (AvgIpc) is 2.49. The van der Waals surface area contributed by atoms with Crippen LogP contribution >= 0.6 is 0 Å². The fourth-order valence-electron chi connectivity index (χ4n) is 2.30. The van der Waals surface area contributed by atoms with E-state index in [1.807, 2.05) is 29.2 Å². The van der Waals surface area contributed by atoms with Crippen LogP contribution in [0.4, 0.5) is 5.69 Å². The number of anilines is 1. The molecule has 1 amide bonds. The molecule has 0 aliphatic carbocycles. The Labute approximate surface area is 120 Å². The largest absolute Gasteiger partial charge is 0.398 e. The Hall–Kier alpha value is -1.59. The lowest BCUT2D eigenvalue weighted by molar-refractivity contribution is -0.136. The standard InChI is InChI=1S/C15H23N3O2/c1-2-17(11-13-5-3-4-6-14(13)16)12-15(19)18-7-9-20-10-8-18/h3-6H,2,7-12,16H2,1H3. The minimum atomic E-state index is 0.171. The van der Waals surface area contributed by atoms with Crippen LogP contribution in [0.3, 0.4) is 0 Å². The average molecular weight is 277 g/mol. The van der Waals surface area contributed by atoms with Crippen molar-refractivity contribution >= 4 is 11.6 Å². The summed E-state index contributed by atoms with van der Waals surface area (Å²) in [5.74, 6) is 0.171. The molecule has 0 spiro atoms. The molecule has 1 heterocycles. The maximum Gasteiger partial charge on any atom is 0.236 e. The quantitative estimate of drug-likeness (QED) is 0.814. The number of carbonyl (C=O) groups is 1. The Balaban J connectivity index is 1.91. The van der Waals surface area contributed by atoms with Gasteiger partial charge < -0.3 is 15.4 Å². The lowest BCUT2D eigenvalue weighted by Crippen LogP contribution is -2.45. The van der Waals surface area contributed by atoms with Crippen LogP contribution in [0.1, 0.15) is 12.5 Å². The van der Waals surface area contributed by atoms with E-state index in [1.54, 1.807) is 0 Å².